The fraction of sp³-hybridized carbons (Fsp3) is 0.600. The third kappa shape index (κ3) is 3.49. The molecule has 1 amide bonds. The first-order valence-electron chi connectivity index (χ1n) is 5.24. The lowest BCUT2D eigenvalue weighted by atomic mass is 10.2. The highest BCUT2D eigenvalue weighted by molar-refractivity contribution is 5.93. The molecule has 1 rings (SSSR count). The van der Waals surface area contributed by atoms with E-state index in [0.717, 1.165) is 0 Å². The van der Waals surface area contributed by atoms with Crippen LogP contribution in [0.5, 0.6) is 0 Å². The van der Waals surface area contributed by atoms with Gasteiger partial charge in [-0.1, -0.05) is 5.16 Å². The van der Waals surface area contributed by atoms with E-state index in [0.29, 0.717) is 0 Å². The normalized spacial score (nSPS) is 12.4. The first kappa shape index (κ1) is 14.6. The van der Waals surface area contributed by atoms with Crippen LogP contribution in [-0.2, 0) is 22.9 Å². The summed E-state index contributed by atoms with van der Waals surface area (Å²) in [5.74, 6) is -0.593. The van der Waals surface area contributed by atoms with Crippen LogP contribution in [0.1, 0.15) is 28.7 Å². The van der Waals surface area contributed by atoms with Crippen LogP contribution in [0.15, 0.2) is 4.52 Å². The molecule has 1 aromatic heterocycles. The summed E-state index contributed by atoms with van der Waals surface area (Å²) in [5, 5.41) is 14.2. The third-order valence-corrected chi connectivity index (χ3v) is 2.37. The number of nitrogens with one attached hydrogen (secondary N) is 1. The van der Waals surface area contributed by atoms with Crippen LogP contribution >= 0.6 is 0 Å². The Hall–Kier alpha value is -1.51. The molecule has 0 radical (unpaired) electrons. The van der Waals surface area contributed by atoms with E-state index in [1.807, 2.05) is 0 Å². The number of carbonyl (C=O) groups excluding carboxylic acids is 1. The number of alkyl halides is 1. The van der Waals surface area contributed by atoms with E-state index < -0.39 is 12.6 Å². The fourth-order valence-electron chi connectivity index (χ4n) is 1.23. The van der Waals surface area contributed by atoms with Crippen LogP contribution in [0.3, 0.4) is 0 Å². The molecule has 1 atom stereocenters. The molecule has 0 saturated carbocycles. The molecule has 0 spiro atoms. The Labute approximate surface area is 103 Å². The molecule has 7 nitrogen and oxygen atoms in total. The van der Waals surface area contributed by atoms with Gasteiger partial charge in [0.25, 0.3) is 5.91 Å². The zero-order valence-corrected chi connectivity index (χ0v) is 10.1. The number of aromatic nitrogens is 1. The van der Waals surface area contributed by atoms with E-state index in [2.05, 4.69) is 15.4 Å². The second-order valence-corrected chi connectivity index (χ2v) is 3.60. The molecular formula is C10H15FN2O5. The number of carbonyl (C=O) groups is 1. The van der Waals surface area contributed by atoms with E-state index in [4.69, 9.17) is 14.5 Å². The monoisotopic (exact) mass is 262 g/mol. The highest BCUT2D eigenvalue weighted by Crippen LogP contribution is 2.16. The molecule has 2 N–H and O–H groups in total. The summed E-state index contributed by atoms with van der Waals surface area (Å²) in [5.41, 5.74) is -0.195. The van der Waals surface area contributed by atoms with Crippen molar-refractivity contribution in [2.45, 2.75) is 26.3 Å². The lowest BCUT2D eigenvalue weighted by molar-refractivity contribution is -0.256. The Kier molecular flexibility index (Phi) is 5.69. The second kappa shape index (κ2) is 7.04. The number of halogens is 1. The molecule has 0 aliphatic heterocycles. The van der Waals surface area contributed by atoms with Crippen LogP contribution in [0, 0.1) is 0 Å². The molecule has 8 heteroatoms. The van der Waals surface area contributed by atoms with Gasteiger partial charge in [0.05, 0.1) is 11.7 Å². The predicted molar refractivity (Wildman–Crippen MR) is 57.5 cm³/mol. The summed E-state index contributed by atoms with van der Waals surface area (Å²) in [6, 6.07) is 0. The maximum Gasteiger partial charge on any atom is 0.273 e. The Morgan fingerprint density at radius 3 is 2.94 bits per heavy atom. The summed E-state index contributed by atoms with van der Waals surface area (Å²) < 4.78 is 22.5. The Balaban J connectivity index is 2.73. The molecular weight excluding hydrogens is 247 g/mol. The van der Waals surface area contributed by atoms with E-state index in [-0.39, 0.29) is 36.3 Å². The number of hydrogen-bond acceptors (Lipinski definition) is 6. The zero-order chi connectivity index (χ0) is 13.5. The van der Waals surface area contributed by atoms with Crippen molar-refractivity contribution in [2.24, 2.45) is 0 Å². The van der Waals surface area contributed by atoms with E-state index in [9.17, 15) is 9.18 Å². The highest BCUT2D eigenvalue weighted by Gasteiger charge is 2.22. The van der Waals surface area contributed by atoms with Crippen LogP contribution in [0.25, 0.3) is 0 Å². The smallest absolute Gasteiger partial charge is 0.273 e. The van der Waals surface area contributed by atoms with Gasteiger partial charge in [-0.25, -0.2) is 9.28 Å². The van der Waals surface area contributed by atoms with Crippen molar-refractivity contribution in [1.29, 1.82) is 0 Å². The first-order chi connectivity index (χ1) is 8.63. The van der Waals surface area contributed by atoms with Gasteiger partial charge in [-0.3, -0.25) is 10.1 Å². The number of nitrogens with zero attached hydrogens (tertiary/aromatic N) is 1. The second-order valence-electron chi connectivity index (χ2n) is 3.60. The third-order valence-electron chi connectivity index (χ3n) is 2.37. The van der Waals surface area contributed by atoms with Gasteiger partial charge in [-0.05, 0) is 6.92 Å². The number of hydrogen-bond donors (Lipinski definition) is 2. The largest absolute Gasteiger partial charge is 0.380 e. The van der Waals surface area contributed by atoms with Gasteiger partial charge < -0.3 is 14.6 Å². The van der Waals surface area contributed by atoms with Crippen molar-refractivity contribution >= 4 is 5.91 Å². The predicted octanol–water partition coefficient (Wildman–Crippen LogP) is 0.898. The molecule has 0 aromatic carbocycles. The molecule has 0 saturated heterocycles. The highest BCUT2D eigenvalue weighted by atomic mass is 19.1. The maximum absolute atomic E-state index is 12.8. The average molecular weight is 262 g/mol. The topological polar surface area (TPSA) is 93.8 Å². The van der Waals surface area contributed by atoms with Crippen LogP contribution in [0.2, 0.25) is 0 Å². The molecule has 18 heavy (non-hydrogen) atoms. The molecule has 102 valence electrons. The minimum absolute atomic E-state index is 0.0232. The van der Waals surface area contributed by atoms with E-state index >= 15 is 0 Å². The zero-order valence-electron chi connectivity index (χ0n) is 10.1. The first-order valence-corrected chi connectivity index (χ1v) is 5.24. The summed E-state index contributed by atoms with van der Waals surface area (Å²) in [6.45, 7) is 0.725. The molecule has 0 bridgehead atoms. The Morgan fingerprint density at radius 2 is 2.39 bits per heavy atom. The van der Waals surface area contributed by atoms with Gasteiger partial charge in [0.1, 0.15) is 13.3 Å². The Morgan fingerprint density at radius 1 is 1.67 bits per heavy atom. The molecule has 0 aliphatic carbocycles. The van der Waals surface area contributed by atoms with Gasteiger partial charge in [0, 0.05) is 13.7 Å². The SMILES string of the molecule is COC(C)CNC(=O)c1noc(COO)c1CF. The molecule has 1 unspecified atom stereocenters. The lowest BCUT2D eigenvalue weighted by Gasteiger charge is -2.09. The minimum atomic E-state index is -0.940. The standard InChI is InChI=1S/C10H15FN2O5/c1-6(16-2)4-12-10(14)9-7(3-11)8(5-17-15)18-13-9/h6,15H,3-5H2,1-2H3,(H,12,14). The molecule has 1 aromatic rings. The number of rotatable bonds is 7. The van der Waals surface area contributed by atoms with Crippen molar-refractivity contribution < 1.29 is 28.6 Å². The van der Waals surface area contributed by atoms with Crippen molar-refractivity contribution in [3.63, 3.8) is 0 Å². The van der Waals surface area contributed by atoms with E-state index in [1.54, 1.807) is 6.92 Å². The number of ether oxygens (including phenoxy) is 1. The summed E-state index contributed by atoms with van der Waals surface area (Å²) in [6.07, 6.45) is -0.171. The summed E-state index contributed by atoms with van der Waals surface area (Å²) in [7, 11) is 1.51. The number of methoxy groups -OCH3 is 1. The van der Waals surface area contributed by atoms with Gasteiger partial charge in [0.15, 0.2) is 11.5 Å². The van der Waals surface area contributed by atoms with Crippen LogP contribution in [-0.4, -0.2) is 36.1 Å². The van der Waals surface area contributed by atoms with E-state index in [1.165, 1.54) is 7.11 Å². The van der Waals surface area contributed by atoms with Gasteiger partial charge >= 0.3 is 0 Å². The molecule has 0 fully saturated rings. The molecule has 0 aliphatic rings. The minimum Gasteiger partial charge on any atom is -0.380 e. The van der Waals surface area contributed by atoms with Crippen molar-refractivity contribution in [3.05, 3.63) is 17.0 Å². The van der Waals surface area contributed by atoms with Crippen LogP contribution in [0.4, 0.5) is 4.39 Å². The van der Waals surface area contributed by atoms with Crippen molar-refractivity contribution in [2.75, 3.05) is 13.7 Å². The van der Waals surface area contributed by atoms with Crippen molar-refractivity contribution in [1.82, 2.24) is 10.5 Å². The Bertz CT molecular complexity index is 396. The lowest BCUT2D eigenvalue weighted by Crippen LogP contribution is -2.32. The summed E-state index contributed by atoms with van der Waals surface area (Å²) >= 11 is 0. The van der Waals surface area contributed by atoms with Gasteiger partial charge in [0.2, 0.25) is 0 Å². The fourth-order valence-corrected chi connectivity index (χ4v) is 1.23. The quantitative estimate of drug-likeness (QED) is 0.560. The van der Waals surface area contributed by atoms with Gasteiger partial charge in [-0.15, -0.1) is 0 Å². The van der Waals surface area contributed by atoms with Gasteiger partial charge in [-0.2, -0.15) is 0 Å². The van der Waals surface area contributed by atoms with Crippen LogP contribution < -0.4 is 5.32 Å². The molecule has 1 heterocycles. The average Bonchev–Trinajstić information content (AvgIpc) is 2.78. The number of amides is 1. The maximum atomic E-state index is 12.8. The van der Waals surface area contributed by atoms with Crippen molar-refractivity contribution in [3.8, 4) is 0 Å². The summed E-state index contributed by atoms with van der Waals surface area (Å²) in [4.78, 5) is 15.5.